The van der Waals surface area contributed by atoms with Gasteiger partial charge < -0.3 is 0 Å². The molecule has 1 aromatic heterocycles. The van der Waals surface area contributed by atoms with Gasteiger partial charge in [0.15, 0.2) is 0 Å². The van der Waals surface area contributed by atoms with E-state index >= 15 is 0 Å². The molecule has 19 heavy (non-hydrogen) atoms. The summed E-state index contributed by atoms with van der Waals surface area (Å²) in [6.45, 7) is 6.31. The third-order valence-corrected chi connectivity index (χ3v) is 4.42. The van der Waals surface area contributed by atoms with Gasteiger partial charge >= 0.3 is 0 Å². The van der Waals surface area contributed by atoms with Crippen molar-refractivity contribution in [2.75, 3.05) is 0 Å². The number of hydrogen-bond acceptors (Lipinski definition) is 4. The first-order chi connectivity index (χ1) is 9.06. The topological polar surface area (TPSA) is 54.4 Å². The average Bonchev–Trinajstić information content (AvgIpc) is 2.74. The molecule has 1 heterocycles. The summed E-state index contributed by atoms with van der Waals surface area (Å²) in [7, 11) is 0. The molecule has 0 radical (unpaired) electrons. The van der Waals surface area contributed by atoms with Crippen LogP contribution in [0.25, 0.3) is 0 Å². The van der Waals surface area contributed by atoms with Crippen LogP contribution in [0.1, 0.15) is 43.8 Å². The highest BCUT2D eigenvalue weighted by molar-refractivity contribution is 7.09. The highest BCUT2D eigenvalue weighted by atomic mass is 32.1. The van der Waals surface area contributed by atoms with E-state index in [0.717, 1.165) is 16.4 Å². The van der Waals surface area contributed by atoms with Gasteiger partial charge in [-0.3, -0.25) is 4.79 Å². The van der Waals surface area contributed by atoms with Gasteiger partial charge in [0.1, 0.15) is 0 Å². The minimum atomic E-state index is -0.0808. The monoisotopic (exact) mass is 279 g/mol. The molecule has 0 saturated heterocycles. The minimum absolute atomic E-state index is 0.0808. The number of thiazole rings is 1. The molecule has 0 aliphatic heterocycles. The quantitative estimate of drug-likeness (QED) is 0.865. The molecule has 104 valence electrons. The lowest BCUT2D eigenvalue weighted by Gasteiger charge is -2.26. The lowest BCUT2D eigenvalue weighted by Crippen LogP contribution is -2.29. The fourth-order valence-electron chi connectivity index (χ4n) is 2.55. The second-order valence-corrected chi connectivity index (χ2v) is 6.40. The first-order valence-corrected chi connectivity index (χ1v) is 7.71. The molecule has 0 unspecified atom stereocenters. The molecule has 1 amide bonds. The molecule has 1 N–H and O–H groups in total. The van der Waals surface area contributed by atoms with Crippen LogP contribution in [0.15, 0.2) is 10.5 Å². The number of amides is 1. The van der Waals surface area contributed by atoms with E-state index in [2.05, 4.69) is 29.4 Å². The molecule has 0 spiro atoms. The van der Waals surface area contributed by atoms with Gasteiger partial charge in [0, 0.05) is 11.1 Å². The summed E-state index contributed by atoms with van der Waals surface area (Å²) >= 11 is 1.57. The first kappa shape index (κ1) is 14.2. The Morgan fingerprint density at radius 3 is 2.74 bits per heavy atom. The van der Waals surface area contributed by atoms with E-state index in [0.29, 0.717) is 18.3 Å². The van der Waals surface area contributed by atoms with Crippen molar-refractivity contribution in [3.8, 4) is 0 Å². The Kier molecular flexibility index (Phi) is 4.69. The number of aryl methyl sites for hydroxylation is 1. The Balaban J connectivity index is 1.91. The van der Waals surface area contributed by atoms with E-state index in [9.17, 15) is 4.79 Å². The van der Waals surface area contributed by atoms with Crippen molar-refractivity contribution in [1.29, 1.82) is 0 Å². The fourth-order valence-corrected chi connectivity index (χ4v) is 3.17. The zero-order valence-electron chi connectivity index (χ0n) is 11.8. The summed E-state index contributed by atoms with van der Waals surface area (Å²) in [4.78, 5) is 16.1. The normalized spacial score (nSPS) is 25.5. The van der Waals surface area contributed by atoms with Crippen LogP contribution in [0.5, 0.6) is 0 Å². The minimum Gasteiger partial charge on any atom is -0.273 e. The lowest BCUT2D eigenvalue weighted by atomic mass is 9.81. The van der Waals surface area contributed by atoms with E-state index in [1.54, 1.807) is 11.3 Å². The van der Waals surface area contributed by atoms with Crippen molar-refractivity contribution in [2.24, 2.45) is 16.9 Å². The number of carbonyl (C=O) groups excluding carboxylic acids is 1. The van der Waals surface area contributed by atoms with Gasteiger partial charge in [0.25, 0.3) is 0 Å². The Morgan fingerprint density at radius 1 is 1.47 bits per heavy atom. The molecule has 1 aliphatic rings. The molecule has 1 saturated carbocycles. The fraction of sp³-hybridized carbons (Fsp3) is 0.643. The standard InChI is InChI=1S/C14H21N3OS/c1-9-5-4-6-10(2)14(9)17-16-13(18)7-12-8-19-11(3)15-12/h8-10H,4-7H2,1-3H3,(H,16,18)/t9-,10+. The van der Waals surface area contributed by atoms with E-state index < -0.39 is 0 Å². The molecule has 2 rings (SSSR count). The molecule has 1 aliphatic carbocycles. The van der Waals surface area contributed by atoms with E-state index in [-0.39, 0.29) is 5.91 Å². The van der Waals surface area contributed by atoms with Gasteiger partial charge in [-0.25, -0.2) is 10.4 Å². The largest absolute Gasteiger partial charge is 0.273 e. The van der Waals surface area contributed by atoms with Gasteiger partial charge in [-0.1, -0.05) is 20.3 Å². The molecule has 0 bridgehead atoms. The summed E-state index contributed by atoms with van der Waals surface area (Å²) in [5.41, 5.74) is 4.64. The zero-order chi connectivity index (χ0) is 13.8. The summed E-state index contributed by atoms with van der Waals surface area (Å²) < 4.78 is 0. The van der Waals surface area contributed by atoms with Crippen LogP contribution >= 0.6 is 11.3 Å². The zero-order valence-corrected chi connectivity index (χ0v) is 12.6. The van der Waals surface area contributed by atoms with E-state index in [4.69, 9.17) is 0 Å². The maximum atomic E-state index is 11.8. The van der Waals surface area contributed by atoms with Crippen molar-refractivity contribution in [3.05, 3.63) is 16.1 Å². The van der Waals surface area contributed by atoms with Crippen LogP contribution in [0.4, 0.5) is 0 Å². The van der Waals surface area contributed by atoms with Crippen molar-refractivity contribution >= 4 is 23.0 Å². The van der Waals surface area contributed by atoms with Gasteiger partial charge in [0.2, 0.25) is 5.91 Å². The SMILES string of the molecule is Cc1nc(CC(=O)NN=C2[C@H](C)CCC[C@@H]2C)cs1. The number of aromatic nitrogens is 1. The molecule has 1 fully saturated rings. The molecule has 1 aromatic rings. The van der Waals surface area contributed by atoms with Crippen LogP contribution in [0.3, 0.4) is 0 Å². The van der Waals surface area contributed by atoms with Crippen molar-refractivity contribution in [1.82, 2.24) is 10.4 Å². The molecular formula is C14H21N3OS. The summed E-state index contributed by atoms with van der Waals surface area (Å²) in [5, 5.41) is 7.25. The van der Waals surface area contributed by atoms with Gasteiger partial charge in [0.05, 0.1) is 17.1 Å². The Bertz CT molecular complexity index is 469. The molecule has 2 atom stereocenters. The Hall–Kier alpha value is -1.23. The Morgan fingerprint density at radius 2 is 2.16 bits per heavy atom. The van der Waals surface area contributed by atoms with Gasteiger partial charge in [-0.15, -0.1) is 11.3 Å². The Labute approximate surface area is 118 Å². The number of rotatable bonds is 3. The molecule has 4 nitrogen and oxygen atoms in total. The molecule has 5 heteroatoms. The van der Waals surface area contributed by atoms with Crippen LogP contribution in [-0.2, 0) is 11.2 Å². The number of carbonyl (C=O) groups is 1. The predicted molar refractivity (Wildman–Crippen MR) is 78.3 cm³/mol. The summed E-state index contributed by atoms with van der Waals surface area (Å²) in [6.07, 6.45) is 3.91. The number of hydrogen-bond donors (Lipinski definition) is 1. The second-order valence-electron chi connectivity index (χ2n) is 5.34. The summed E-state index contributed by atoms with van der Waals surface area (Å²) in [5.74, 6) is 0.874. The van der Waals surface area contributed by atoms with Crippen LogP contribution in [0, 0.1) is 18.8 Å². The first-order valence-electron chi connectivity index (χ1n) is 6.83. The van der Waals surface area contributed by atoms with Crippen LogP contribution in [-0.4, -0.2) is 16.6 Å². The maximum Gasteiger partial charge on any atom is 0.246 e. The van der Waals surface area contributed by atoms with Gasteiger partial charge in [-0.2, -0.15) is 5.10 Å². The third kappa shape index (κ3) is 3.86. The third-order valence-electron chi connectivity index (χ3n) is 3.60. The number of nitrogens with one attached hydrogen (secondary N) is 1. The van der Waals surface area contributed by atoms with Crippen molar-refractivity contribution in [2.45, 2.75) is 46.5 Å². The van der Waals surface area contributed by atoms with Gasteiger partial charge in [-0.05, 0) is 31.6 Å². The molecule has 0 aromatic carbocycles. The highest BCUT2D eigenvalue weighted by Crippen LogP contribution is 2.25. The van der Waals surface area contributed by atoms with E-state index in [1.807, 2.05) is 12.3 Å². The lowest BCUT2D eigenvalue weighted by molar-refractivity contribution is -0.120. The van der Waals surface area contributed by atoms with Crippen LogP contribution in [0.2, 0.25) is 0 Å². The van der Waals surface area contributed by atoms with E-state index in [1.165, 1.54) is 19.3 Å². The number of nitrogens with zero attached hydrogens (tertiary/aromatic N) is 2. The average molecular weight is 279 g/mol. The molecular weight excluding hydrogens is 258 g/mol. The maximum absolute atomic E-state index is 11.8. The second kappa shape index (κ2) is 6.28. The van der Waals surface area contributed by atoms with Crippen molar-refractivity contribution in [3.63, 3.8) is 0 Å². The number of hydrazone groups is 1. The van der Waals surface area contributed by atoms with Crippen LogP contribution < -0.4 is 5.43 Å². The van der Waals surface area contributed by atoms with Crippen molar-refractivity contribution < 1.29 is 4.79 Å². The smallest absolute Gasteiger partial charge is 0.246 e. The summed E-state index contributed by atoms with van der Waals surface area (Å²) in [6, 6.07) is 0. The highest BCUT2D eigenvalue weighted by Gasteiger charge is 2.23. The predicted octanol–water partition coefficient (Wildman–Crippen LogP) is 2.92.